The lowest BCUT2D eigenvalue weighted by molar-refractivity contribution is -0.141. The molecule has 0 spiro atoms. The number of carbonyl (C=O) groups is 2. The molecule has 0 fully saturated rings. The minimum atomic E-state index is -0.691. The maximum Gasteiger partial charge on any atom is 0.334 e. The summed E-state index contributed by atoms with van der Waals surface area (Å²) in [5.74, 6) is -1.09. The van der Waals surface area contributed by atoms with E-state index in [4.69, 9.17) is 10.5 Å². The summed E-state index contributed by atoms with van der Waals surface area (Å²) in [5, 5.41) is 16.3. The SMILES string of the molecule is C=C(C)C(=O)OC(C)C#N.C=CC(=O)OC(C)C#N. The summed E-state index contributed by atoms with van der Waals surface area (Å²) < 4.78 is 8.99. The van der Waals surface area contributed by atoms with Crippen molar-refractivity contribution >= 4 is 11.9 Å². The third-order valence-corrected chi connectivity index (χ3v) is 1.46. The van der Waals surface area contributed by atoms with E-state index in [1.165, 1.54) is 20.8 Å². The fourth-order valence-electron chi connectivity index (χ4n) is 0.536. The van der Waals surface area contributed by atoms with E-state index in [0.29, 0.717) is 5.57 Å². The lowest BCUT2D eigenvalue weighted by Crippen LogP contribution is -2.12. The predicted molar refractivity (Wildman–Crippen MR) is 67.3 cm³/mol. The Bertz CT molecular complexity index is 429. The summed E-state index contributed by atoms with van der Waals surface area (Å²) in [6.07, 6.45) is -0.354. The van der Waals surface area contributed by atoms with Crippen molar-refractivity contribution < 1.29 is 19.1 Å². The number of rotatable bonds is 4. The fourth-order valence-corrected chi connectivity index (χ4v) is 0.536. The molecule has 0 amide bonds. The molecule has 0 saturated heterocycles. The van der Waals surface area contributed by atoms with E-state index in [0.717, 1.165) is 6.08 Å². The average molecular weight is 264 g/mol. The molecule has 6 heteroatoms. The lowest BCUT2D eigenvalue weighted by Gasteiger charge is -2.03. The van der Waals surface area contributed by atoms with Gasteiger partial charge in [-0.1, -0.05) is 13.2 Å². The third kappa shape index (κ3) is 11.7. The van der Waals surface area contributed by atoms with E-state index in [1.54, 1.807) is 12.1 Å². The molecule has 0 aliphatic heterocycles. The van der Waals surface area contributed by atoms with E-state index in [-0.39, 0.29) is 0 Å². The first-order valence-electron chi connectivity index (χ1n) is 5.27. The fraction of sp³-hybridized carbons (Fsp3) is 0.385. The van der Waals surface area contributed by atoms with Crippen LogP contribution in [0, 0.1) is 22.7 Å². The Labute approximate surface area is 112 Å². The molecular weight excluding hydrogens is 248 g/mol. The van der Waals surface area contributed by atoms with Crippen LogP contribution in [0.2, 0.25) is 0 Å². The molecule has 0 rings (SSSR count). The monoisotopic (exact) mass is 264 g/mol. The van der Waals surface area contributed by atoms with Gasteiger partial charge in [-0.15, -0.1) is 0 Å². The Morgan fingerprint density at radius 1 is 1.16 bits per heavy atom. The summed E-state index contributed by atoms with van der Waals surface area (Å²) in [6, 6.07) is 3.51. The Kier molecular flexibility index (Phi) is 10.4. The van der Waals surface area contributed by atoms with Gasteiger partial charge in [-0.2, -0.15) is 10.5 Å². The van der Waals surface area contributed by atoms with Gasteiger partial charge in [0.15, 0.2) is 12.2 Å². The number of carbonyl (C=O) groups excluding carboxylic acids is 2. The highest BCUT2D eigenvalue weighted by molar-refractivity contribution is 5.87. The Balaban J connectivity index is 0. The second kappa shape index (κ2) is 10.5. The van der Waals surface area contributed by atoms with Crippen LogP contribution < -0.4 is 0 Å². The molecule has 19 heavy (non-hydrogen) atoms. The molecule has 0 aliphatic rings. The van der Waals surface area contributed by atoms with Gasteiger partial charge < -0.3 is 9.47 Å². The van der Waals surface area contributed by atoms with Crippen molar-refractivity contribution in [3.8, 4) is 12.1 Å². The van der Waals surface area contributed by atoms with Crippen molar-refractivity contribution in [2.75, 3.05) is 0 Å². The molecular formula is C13H16N2O4. The average Bonchev–Trinajstić information content (AvgIpc) is 2.38. The van der Waals surface area contributed by atoms with E-state index in [9.17, 15) is 9.59 Å². The maximum atomic E-state index is 10.6. The second-order valence-electron chi connectivity index (χ2n) is 3.37. The van der Waals surface area contributed by atoms with E-state index >= 15 is 0 Å². The Morgan fingerprint density at radius 3 is 1.89 bits per heavy atom. The summed E-state index contributed by atoms with van der Waals surface area (Å²) >= 11 is 0. The first-order valence-corrected chi connectivity index (χ1v) is 5.27. The van der Waals surface area contributed by atoms with Crippen molar-refractivity contribution in [3.05, 3.63) is 24.8 Å². The number of nitriles is 2. The lowest BCUT2D eigenvalue weighted by atomic mass is 10.3. The van der Waals surface area contributed by atoms with Crippen LogP contribution in [-0.4, -0.2) is 24.1 Å². The van der Waals surface area contributed by atoms with Crippen LogP contribution in [0.1, 0.15) is 20.8 Å². The van der Waals surface area contributed by atoms with Crippen molar-refractivity contribution in [2.24, 2.45) is 0 Å². The number of hydrogen-bond acceptors (Lipinski definition) is 6. The summed E-state index contributed by atoms with van der Waals surface area (Å²) in [6.45, 7) is 11.0. The molecule has 0 heterocycles. The molecule has 102 valence electrons. The minimum absolute atomic E-state index is 0.307. The van der Waals surface area contributed by atoms with E-state index < -0.39 is 24.1 Å². The highest BCUT2D eigenvalue weighted by atomic mass is 16.5. The van der Waals surface area contributed by atoms with Crippen LogP contribution in [0.4, 0.5) is 0 Å². The molecule has 0 saturated carbocycles. The normalized spacial score (nSPS) is 11.2. The zero-order valence-electron chi connectivity index (χ0n) is 11.2. The highest BCUT2D eigenvalue weighted by Gasteiger charge is 2.07. The largest absolute Gasteiger partial charge is 0.444 e. The van der Waals surface area contributed by atoms with Gasteiger partial charge in [-0.05, 0) is 20.8 Å². The number of esters is 2. The molecule has 0 bridgehead atoms. The predicted octanol–water partition coefficient (Wildman–Crippen LogP) is 1.65. The van der Waals surface area contributed by atoms with Crippen LogP contribution in [0.3, 0.4) is 0 Å². The first kappa shape index (κ1) is 18.8. The zero-order chi connectivity index (χ0) is 15.4. The molecule has 6 nitrogen and oxygen atoms in total. The molecule has 2 atom stereocenters. The number of nitrogens with zero attached hydrogens (tertiary/aromatic N) is 2. The zero-order valence-corrected chi connectivity index (χ0v) is 11.2. The van der Waals surface area contributed by atoms with Crippen LogP contribution in [0.5, 0.6) is 0 Å². The Morgan fingerprint density at radius 2 is 1.58 bits per heavy atom. The molecule has 0 aromatic rings. The van der Waals surface area contributed by atoms with Gasteiger partial charge in [0.1, 0.15) is 12.1 Å². The molecule has 0 radical (unpaired) electrons. The van der Waals surface area contributed by atoms with Crippen molar-refractivity contribution in [1.82, 2.24) is 0 Å². The highest BCUT2D eigenvalue weighted by Crippen LogP contribution is 1.96. The van der Waals surface area contributed by atoms with Crippen LogP contribution >= 0.6 is 0 Å². The van der Waals surface area contributed by atoms with E-state index in [2.05, 4.69) is 22.6 Å². The van der Waals surface area contributed by atoms with Crippen LogP contribution in [0.25, 0.3) is 0 Å². The van der Waals surface area contributed by atoms with E-state index in [1.807, 2.05) is 0 Å². The quantitative estimate of drug-likeness (QED) is 0.565. The van der Waals surface area contributed by atoms with Gasteiger partial charge in [-0.25, -0.2) is 9.59 Å². The van der Waals surface area contributed by atoms with Crippen LogP contribution in [-0.2, 0) is 19.1 Å². The molecule has 0 aromatic heterocycles. The summed E-state index contributed by atoms with van der Waals surface area (Å²) in [7, 11) is 0. The van der Waals surface area contributed by atoms with Crippen molar-refractivity contribution in [2.45, 2.75) is 33.0 Å². The molecule has 0 aliphatic carbocycles. The summed E-state index contributed by atoms with van der Waals surface area (Å²) in [4.78, 5) is 20.9. The van der Waals surface area contributed by atoms with Gasteiger partial charge in [0, 0.05) is 11.6 Å². The molecule has 0 aromatic carbocycles. The number of hydrogen-bond donors (Lipinski definition) is 0. The number of ether oxygens (including phenoxy) is 2. The Hall–Kier alpha value is -2.60. The van der Waals surface area contributed by atoms with Gasteiger partial charge >= 0.3 is 11.9 Å². The standard InChI is InChI=1S/C7H9NO2.C6H7NO2/c1-5(2)7(9)10-6(3)4-8;1-3-6(8)9-5(2)4-7/h6H,1H2,2-3H3;3,5H,1H2,2H3. The van der Waals surface area contributed by atoms with Gasteiger partial charge in [0.05, 0.1) is 0 Å². The van der Waals surface area contributed by atoms with Crippen LogP contribution in [0.15, 0.2) is 24.8 Å². The van der Waals surface area contributed by atoms with Crippen molar-refractivity contribution in [1.29, 1.82) is 10.5 Å². The topological polar surface area (TPSA) is 100 Å². The second-order valence-corrected chi connectivity index (χ2v) is 3.37. The van der Waals surface area contributed by atoms with Gasteiger partial charge in [0.25, 0.3) is 0 Å². The minimum Gasteiger partial charge on any atom is -0.444 e. The smallest absolute Gasteiger partial charge is 0.334 e. The summed E-state index contributed by atoms with van der Waals surface area (Å²) in [5.41, 5.74) is 0.307. The molecule has 2 unspecified atom stereocenters. The van der Waals surface area contributed by atoms with Crippen molar-refractivity contribution in [3.63, 3.8) is 0 Å². The molecule has 0 N–H and O–H groups in total. The maximum absolute atomic E-state index is 10.6. The third-order valence-electron chi connectivity index (χ3n) is 1.46. The first-order chi connectivity index (χ1) is 8.78. The van der Waals surface area contributed by atoms with Gasteiger partial charge in [0.2, 0.25) is 0 Å². The van der Waals surface area contributed by atoms with Gasteiger partial charge in [-0.3, -0.25) is 0 Å².